The van der Waals surface area contributed by atoms with Gasteiger partial charge in [0, 0.05) is 21.2 Å². The van der Waals surface area contributed by atoms with E-state index < -0.39 is 37.1 Å². The molecule has 2 rings (SSSR count). The number of nitrogens with one attached hydrogen (secondary N) is 1. The van der Waals surface area contributed by atoms with E-state index in [4.69, 9.17) is 10.7 Å². The number of benzene rings is 1. The van der Waals surface area contributed by atoms with Gasteiger partial charge in [0.15, 0.2) is 5.82 Å². The van der Waals surface area contributed by atoms with Gasteiger partial charge in [0.2, 0.25) is 0 Å². The lowest BCUT2D eigenvalue weighted by Crippen LogP contribution is -2.29. The second-order valence-electron chi connectivity index (χ2n) is 4.78. The molecule has 1 aliphatic rings. The van der Waals surface area contributed by atoms with Crippen LogP contribution in [-0.4, -0.2) is 20.4 Å². The number of halogens is 4. The Balaban J connectivity index is 2.42. The Bertz CT molecular complexity index is 711. The van der Waals surface area contributed by atoms with Gasteiger partial charge >= 0.3 is 0 Å². The molecule has 1 aliphatic carbocycles. The molecule has 21 heavy (non-hydrogen) atoms. The lowest BCUT2D eigenvalue weighted by molar-refractivity contribution is 0.0940. The summed E-state index contributed by atoms with van der Waals surface area (Å²) in [5, 5.41) is 2.48. The average molecular weight is 403 g/mol. The first-order valence-corrected chi connectivity index (χ1v) is 9.20. The van der Waals surface area contributed by atoms with E-state index in [0.717, 1.165) is 12.8 Å². The SMILES string of the molecule is CCC1CC1NC(=O)c1c(F)cc(Br)c(S(=O)(=O)Cl)c1F. The van der Waals surface area contributed by atoms with E-state index in [1.807, 2.05) is 6.92 Å². The van der Waals surface area contributed by atoms with Gasteiger partial charge in [-0.25, -0.2) is 17.2 Å². The van der Waals surface area contributed by atoms with E-state index in [0.29, 0.717) is 6.07 Å². The summed E-state index contributed by atoms with van der Waals surface area (Å²) in [5.41, 5.74) is -0.945. The molecule has 0 heterocycles. The van der Waals surface area contributed by atoms with Crippen LogP contribution in [0.25, 0.3) is 0 Å². The van der Waals surface area contributed by atoms with E-state index in [1.165, 1.54) is 0 Å². The highest BCUT2D eigenvalue weighted by molar-refractivity contribution is 9.10. The van der Waals surface area contributed by atoms with E-state index >= 15 is 0 Å². The van der Waals surface area contributed by atoms with E-state index in [2.05, 4.69) is 21.2 Å². The van der Waals surface area contributed by atoms with Crippen molar-refractivity contribution in [1.82, 2.24) is 5.32 Å². The molecular formula is C12H11BrClF2NO3S. The van der Waals surface area contributed by atoms with Gasteiger partial charge in [-0.15, -0.1) is 0 Å². The summed E-state index contributed by atoms with van der Waals surface area (Å²) in [6, 6.07) is 0.568. The summed E-state index contributed by atoms with van der Waals surface area (Å²) in [7, 11) is 0.648. The van der Waals surface area contributed by atoms with Crippen LogP contribution in [0.4, 0.5) is 8.78 Å². The predicted molar refractivity (Wildman–Crippen MR) is 76.7 cm³/mol. The Kier molecular flexibility index (Phi) is 4.60. The number of rotatable bonds is 4. The van der Waals surface area contributed by atoms with Gasteiger partial charge < -0.3 is 5.32 Å². The molecule has 1 fully saturated rings. The molecule has 1 aromatic rings. The number of carbonyl (C=O) groups excluding carboxylic acids is 1. The minimum atomic E-state index is -4.46. The zero-order chi connectivity index (χ0) is 15.9. The maximum atomic E-state index is 14.2. The Morgan fingerprint density at radius 1 is 1.52 bits per heavy atom. The summed E-state index contributed by atoms with van der Waals surface area (Å²) in [5.74, 6) is -3.36. The maximum absolute atomic E-state index is 14.2. The molecule has 0 aliphatic heterocycles. The van der Waals surface area contributed by atoms with Crippen molar-refractivity contribution in [2.75, 3.05) is 0 Å². The minimum Gasteiger partial charge on any atom is -0.349 e. The van der Waals surface area contributed by atoms with Crippen molar-refractivity contribution < 1.29 is 22.0 Å². The van der Waals surface area contributed by atoms with E-state index in [9.17, 15) is 22.0 Å². The molecule has 4 nitrogen and oxygen atoms in total. The molecule has 0 radical (unpaired) electrons. The zero-order valence-corrected chi connectivity index (χ0v) is 13.9. The number of hydrogen-bond acceptors (Lipinski definition) is 3. The topological polar surface area (TPSA) is 63.2 Å². The van der Waals surface area contributed by atoms with Gasteiger partial charge in [0.1, 0.15) is 16.3 Å². The summed E-state index contributed by atoms with van der Waals surface area (Å²) in [4.78, 5) is 11.0. The summed E-state index contributed by atoms with van der Waals surface area (Å²) >= 11 is 2.73. The highest BCUT2D eigenvalue weighted by Gasteiger charge is 2.38. The molecule has 1 N–H and O–H groups in total. The van der Waals surface area contributed by atoms with Crippen molar-refractivity contribution >= 4 is 41.6 Å². The van der Waals surface area contributed by atoms with Crippen molar-refractivity contribution in [2.45, 2.75) is 30.7 Å². The second kappa shape index (κ2) is 5.81. The fourth-order valence-electron chi connectivity index (χ4n) is 2.12. The lowest BCUT2D eigenvalue weighted by atomic mass is 10.2. The van der Waals surface area contributed by atoms with Crippen LogP contribution in [0.15, 0.2) is 15.4 Å². The van der Waals surface area contributed by atoms with Gasteiger partial charge in [0.25, 0.3) is 15.0 Å². The van der Waals surface area contributed by atoms with Crippen LogP contribution in [-0.2, 0) is 9.05 Å². The molecule has 2 unspecified atom stereocenters. The third-order valence-corrected chi connectivity index (χ3v) is 5.60. The third kappa shape index (κ3) is 3.37. The van der Waals surface area contributed by atoms with Crippen molar-refractivity contribution in [3.8, 4) is 0 Å². The summed E-state index contributed by atoms with van der Waals surface area (Å²) in [6.07, 6.45) is 1.58. The Labute approximate surface area is 133 Å². The van der Waals surface area contributed by atoms with E-state index in [-0.39, 0.29) is 16.4 Å². The standard InChI is InChI=1S/C12H11BrClF2NO3S/c1-2-5-3-8(5)17-12(18)9-7(15)4-6(13)11(10(9)16)21(14,19)20/h4-5,8H,2-3H2,1H3,(H,17,18). The predicted octanol–water partition coefficient (Wildman–Crippen LogP) is 3.18. The third-order valence-electron chi connectivity index (χ3n) is 3.36. The van der Waals surface area contributed by atoms with Crippen LogP contribution < -0.4 is 5.32 Å². The highest BCUT2D eigenvalue weighted by atomic mass is 79.9. The molecule has 2 atom stereocenters. The largest absolute Gasteiger partial charge is 0.349 e. The highest BCUT2D eigenvalue weighted by Crippen LogP contribution is 2.35. The molecule has 1 saturated carbocycles. The van der Waals surface area contributed by atoms with Gasteiger partial charge in [-0.2, -0.15) is 0 Å². The summed E-state index contributed by atoms with van der Waals surface area (Å²) < 4.78 is 50.3. The molecule has 116 valence electrons. The number of amides is 1. The van der Waals surface area contributed by atoms with Gasteiger partial charge in [-0.05, 0) is 34.3 Å². The number of hydrogen-bond donors (Lipinski definition) is 1. The first-order valence-electron chi connectivity index (χ1n) is 6.09. The fraction of sp³-hybridized carbons (Fsp3) is 0.417. The fourth-order valence-corrected chi connectivity index (χ4v) is 4.47. The molecule has 1 amide bonds. The van der Waals surface area contributed by atoms with Crippen molar-refractivity contribution in [1.29, 1.82) is 0 Å². The lowest BCUT2D eigenvalue weighted by Gasteiger charge is -2.10. The first kappa shape index (κ1) is 16.6. The van der Waals surface area contributed by atoms with Gasteiger partial charge in [0.05, 0.1) is 0 Å². The van der Waals surface area contributed by atoms with Crippen LogP contribution in [0.3, 0.4) is 0 Å². The maximum Gasteiger partial charge on any atom is 0.265 e. The average Bonchev–Trinajstić information content (AvgIpc) is 3.04. The van der Waals surface area contributed by atoms with Crippen molar-refractivity contribution in [3.63, 3.8) is 0 Å². The first-order chi connectivity index (χ1) is 9.66. The van der Waals surface area contributed by atoms with Crippen molar-refractivity contribution in [2.24, 2.45) is 5.92 Å². The molecule has 0 aromatic heterocycles. The summed E-state index contributed by atoms with van der Waals surface area (Å²) in [6.45, 7) is 1.94. The Morgan fingerprint density at radius 2 is 2.14 bits per heavy atom. The molecule has 0 bridgehead atoms. The molecule has 1 aromatic carbocycles. The van der Waals surface area contributed by atoms with Crippen LogP contribution in [0, 0.1) is 17.6 Å². The van der Waals surface area contributed by atoms with Gasteiger partial charge in [-0.3, -0.25) is 4.79 Å². The minimum absolute atomic E-state index is 0.138. The number of carbonyl (C=O) groups is 1. The molecule has 0 saturated heterocycles. The quantitative estimate of drug-likeness (QED) is 0.787. The van der Waals surface area contributed by atoms with Crippen LogP contribution >= 0.6 is 26.6 Å². The molecule has 9 heteroatoms. The Morgan fingerprint density at radius 3 is 2.62 bits per heavy atom. The zero-order valence-electron chi connectivity index (χ0n) is 10.8. The van der Waals surface area contributed by atoms with Crippen LogP contribution in [0.2, 0.25) is 0 Å². The normalized spacial score (nSPS) is 21.2. The Hall–Kier alpha value is -0.730. The van der Waals surface area contributed by atoms with Crippen molar-refractivity contribution in [3.05, 3.63) is 27.7 Å². The van der Waals surface area contributed by atoms with Crippen LogP contribution in [0.1, 0.15) is 30.1 Å². The molecular weight excluding hydrogens is 392 g/mol. The monoisotopic (exact) mass is 401 g/mol. The van der Waals surface area contributed by atoms with Crippen LogP contribution in [0.5, 0.6) is 0 Å². The molecule has 0 spiro atoms. The van der Waals surface area contributed by atoms with Gasteiger partial charge in [-0.1, -0.05) is 13.3 Å². The smallest absolute Gasteiger partial charge is 0.265 e. The van der Waals surface area contributed by atoms with E-state index in [1.54, 1.807) is 0 Å². The second-order valence-corrected chi connectivity index (χ2v) is 8.14.